The lowest BCUT2D eigenvalue weighted by Crippen LogP contribution is -2.34. The molecule has 1 atom stereocenters. The first-order chi connectivity index (χ1) is 8.12. The average Bonchev–Trinajstić information content (AvgIpc) is 2.69. The highest BCUT2D eigenvalue weighted by molar-refractivity contribution is 4.85. The summed E-state index contributed by atoms with van der Waals surface area (Å²) < 4.78 is 0. The minimum absolute atomic E-state index is 0.512. The Morgan fingerprint density at radius 3 is 2.59 bits per heavy atom. The molecular formula is C15H32N2. The number of hydrogen-bond donors (Lipinski definition) is 2. The van der Waals surface area contributed by atoms with Crippen molar-refractivity contribution in [3.63, 3.8) is 0 Å². The Hall–Kier alpha value is -0.0800. The number of nitrogens with one attached hydrogen (secondary N) is 2. The van der Waals surface area contributed by atoms with Crippen molar-refractivity contribution in [3.8, 4) is 0 Å². The van der Waals surface area contributed by atoms with Crippen LogP contribution in [0.1, 0.15) is 59.3 Å². The van der Waals surface area contributed by atoms with E-state index >= 15 is 0 Å². The maximum atomic E-state index is 3.63. The fraction of sp³-hybridized carbons (Fsp3) is 1.00. The Bertz CT molecular complexity index is 183. The highest BCUT2D eigenvalue weighted by Crippen LogP contribution is 2.22. The van der Waals surface area contributed by atoms with Crippen molar-refractivity contribution >= 4 is 0 Å². The Labute approximate surface area is 108 Å². The lowest BCUT2D eigenvalue weighted by Gasteiger charge is -2.22. The largest absolute Gasteiger partial charge is 0.316 e. The summed E-state index contributed by atoms with van der Waals surface area (Å²) in [5, 5.41) is 7.08. The summed E-state index contributed by atoms with van der Waals surface area (Å²) in [6.07, 6.45) is 8.31. The van der Waals surface area contributed by atoms with Crippen molar-refractivity contribution in [2.45, 2.75) is 59.3 Å². The minimum Gasteiger partial charge on any atom is -0.316 e. The van der Waals surface area contributed by atoms with Crippen molar-refractivity contribution < 1.29 is 0 Å². The standard InChI is InChI=1S/C15H32N2/c1-14(2)8-6-4-5-7-10-16-12-15(3)9-11-17-13-15/h14,16-17H,4-13H2,1-3H3. The van der Waals surface area contributed by atoms with E-state index in [1.807, 2.05) is 0 Å². The second-order valence-corrected chi connectivity index (χ2v) is 6.51. The average molecular weight is 240 g/mol. The van der Waals surface area contributed by atoms with E-state index < -0.39 is 0 Å². The number of rotatable bonds is 9. The van der Waals surface area contributed by atoms with E-state index in [2.05, 4.69) is 31.4 Å². The lowest BCUT2D eigenvalue weighted by molar-refractivity contribution is 0.338. The maximum Gasteiger partial charge on any atom is 0.00178 e. The summed E-state index contributed by atoms with van der Waals surface area (Å²) in [5.41, 5.74) is 0.512. The predicted octanol–water partition coefficient (Wildman–Crippen LogP) is 3.18. The maximum absolute atomic E-state index is 3.63. The molecule has 1 aliphatic heterocycles. The minimum atomic E-state index is 0.512. The molecule has 2 N–H and O–H groups in total. The zero-order valence-electron chi connectivity index (χ0n) is 12.1. The Balaban J connectivity index is 1.84. The van der Waals surface area contributed by atoms with Gasteiger partial charge in [-0.05, 0) is 37.3 Å². The first-order valence-corrected chi connectivity index (χ1v) is 7.54. The lowest BCUT2D eigenvalue weighted by atomic mass is 9.90. The summed E-state index contributed by atoms with van der Waals surface area (Å²) in [7, 11) is 0. The molecule has 1 rings (SSSR count). The van der Waals surface area contributed by atoms with Gasteiger partial charge in [0.05, 0.1) is 0 Å². The highest BCUT2D eigenvalue weighted by Gasteiger charge is 2.27. The van der Waals surface area contributed by atoms with E-state index in [9.17, 15) is 0 Å². The molecule has 2 heteroatoms. The van der Waals surface area contributed by atoms with Crippen LogP contribution in [0.5, 0.6) is 0 Å². The highest BCUT2D eigenvalue weighted by atomic mass is 15.0. The van der Waals surface area contributed by atoms with Crippen LogP contribution >= 0.6 is 0 Å². The van der Waals surface area contributed by atoms with Crippen LogP contribution in [0.4, 0.5) is 0 Å². The van der Waals surface area contributed by atoms with E-state index in [-0.39, 0.29) is 0 Å². The smallest absolute Gasteiger partial charge is 0.00178 e. The topological polar surface area (TPSA) is 24.1 Å². The van der Waals surface area contributed by atoms with Crippen molar-refractivity contribution in [2.24, 2.45) is 11.3 Å². The van der Waals surface area contributed by atoms with Crippen LogP contribution in [0.2, 0.25) is 0 Å². The van der Waals surface area contributed by atoms with Crippen molar-refractivity contribution in [1.29, 1.82) is 0 Å². The zero-order valence-corrected chi connectivity index (χ0v) is 12.1. The van der Waals surface area contributed by atoms with Crippen molar-refractivity contribution in [2.75, 3.05) is 26.2 Å². The first kappa shape index (κ1) is 15.0. The van der Waals surface area contributed by atoms with Crippen molar-refractivity contribution in [1.82, 2.24) is 10.6 Å². The second kappa shape index (κ2) is 8.10. The van der Waals surface area contributed by atoms with Gasteiger partial charge in [0, 0.05) is 13.1 Å². The van der Waals surface area contributed by atoms with E-state index in [1.54, 1.807) is 0 Å². The van der Waals surface area contributed by atoms with E-state index in [4.69, 9.17) is 0 Å². The van der Waals surface area contributed by atoms with Crippen LogP contribution in [0.15, 0.2) is 0 Å². The van der Waals surface area contributed by atoms with E-state index in [0.29, 0.717) is 5.41 Å². The molecule has 0 radical (unpaired) electrons. The van der Waals surface area contributed by atoms with Gasteiger partial charge in [0.2, 0.25) is 0 Å². The summed E-state index contributed by atoms with van der Waals surface area (Å²) in [6, 6.07) is 0. The SMILES string of the molecule is CC(C)CCCCCCNCC1(C)CCNC1. The van der Waals surface area contributed by atoms with Gasteiger partial charge in [0.1, 0.15) is 0 Å². The Morgan fingerprint density at radius 1 is 1.18 bits per heavy atom. The van der Waals surface area contributed by atoms with Crippen LogP contribution < -0.4 is 10.6 Å². The molecule has 2 nitrogen and oxygen atoms in total. The monoisotopic (exact) mass is 240 g/mol. The number of hydrogen-bond acceptors (Lipinski definition) is 2. The fourth-order valence-corrected chi connectivity index (χ4v) is 2.57. The third-order valence-corrected chi connectivity index (χ3v) is 3.89. The van der Waals surface area contributed by atoms with Gasteiger partial charge in [-0.15, -0.1) is 0 Å². The third kappa shape index (κ3) is 7.05. The third-order valence-electron chi connectivity index (χ3n) is 3.89. The summed E-state index contributed by atoms with van der Waals surface area (Å²) in [4.78, 5) is 0. The summed E-state index contributed by atoms with van der Waals surface area (Å²) in [5.74, 6) is 0.878. The van der Waals surface area contributed by atoms with Gasteiger partial charge in [-0.2, -0.15) is 0 Å². The molecule has 0 aliphatic carbocycles. The summed E-state index contributed by atoms with van der Waals surface area (Å²) >= 11 is 0. The van der Waals surface area contributed by atoms with Gasteiger partial charge in [-0.1, -0.05) is 46.5 Å². The van der Waals surface area contributed by atoms with Gasteiger partial charge >= 0.3 is 0 Å². The first-order valence-electron chi connectivity index (χ1n) is 7.54. The molecule has 0 spiro atoms. The van der Waals surface area contributed by atoms with Gasteiger partial charge < -0.3 is 10.6 Å². The predicted molar refractivity (Wildman–Crippen MR) is 76.4 cm³/mol. The molecule has 17 heavy (non-hydrogen) atoms. The van der Waals surface area contributed by atoms with E-state index in [0.717, 1.165) is 5.92 Å². The van der Waals surface area contributed by atoms with Gasteiger partial charge in [0.25, 0.3) is 0 Å². The molecule has 1 heterocycles. The molecule has 1 fully saturated rings. The Morgan fingerprint density at radius 2 is 1.94 bits per heavy atom. The molecule has 0 aromatic rings. The molecule has 1 saturated heterocycles. The molecule has 0 saturated carbocycles. The molecule has 0 amide bonds. The van der Waals surface area contributed by atoms with Gasteiger partial charge in [0.15, 0.2) is 0 Å². The molecule has 1 aliphatic rings. The van der Waals surface area contributed by atoms with Crippen LogP contribution in [-0.2, 0) is 0 Å². The quantitative estimate of drug-likeness (QED) is 0.605. The molecule has 0 aromatic heterocycles. The van der Waals surface area contributed by atoms with E-state index in [1.165, 1.54) is 64.7 Å². The normalized spacial score (nSPS) is 24.7. The zero-order chi connectivity index (χ0) is 12.6. The van der Waals surface area contributed by atoms with Crippen molar-refractivity contribution in [3.05, 3.63) is 0 Å². The summed E-state index contributed by atoms with van der Waals surface area (Å²) in [6.45, 7) is 11.8. The molecule has 102 valence electrons. The molecule has 0 bridgehead atoms. The second-order valence-electron chi connectivity index (χ2n) is 6.51. The molecule has 1 unspecified atom stereocenters. The molecule has 0 aromatic carbocycles. The van der Waals surface area contributed by atoms with Crippen LogP contribution in [-0.4, -0.2) is 26.2 Å². The fourth-order valence-electron chi connectivity index (χ4n) is 2.57. The van der Waals surface area contributed by atoms with Crippen LogP contribution in [0.3, 0.4) is 0 Å². The Kier molecular flexibility index (Phi) is 7.14. The van der Waals surface area contributed by atoms with Gasteiger partial charge in [-0.3, -0.25) is 0 Å². The number of unbranched alkanes of at least 4 members (excludes halogenated alkanes) is 3. The van der Waals surface area contributed by atoms with Crippen LogP contribution in [0.25, 0.3) is 0 Å². The molecular weight excluding hydrogens is 208 g/mol. The van der Waals surface area contributed by atoms with Gasteiger partial charge in [-0.25, -0.2) is 0 Å². The van der Waals surface area contributed by atoms with Crippen LogP contribution in [0, 0.1) is 11.3 Å².